The van der Waals surface area contributed by atoms with E-state index in [1.165, 1.54) is 12.1 Å². The molecule has 0 bridgehead atoms. The van der Waals surface area contributed by atoms with Crippen molar-refractivity contribution in [3.63, 3.8) is 0 Å². The van der Waals surface area contributed by atoms with Gasteiger partial charge in [-0.3, -0.25) is 4.90 Å². The highest BCUT2D eigenvalue weighted by Gasteiger charge is 2.30. The van der Waals surface area contributed by atoms with E-state index in [0.29, 0.717) is 0 Å². The minimum Gasteiger partial charge on any atom is -0.319 e. The molecule has 1 aromatic carbocycles. The fourth-order valence-corrected chi connectivity index (χ4v) is 2.93. The molecule has 1 aliphatic rings. The number of hydrogen-bond donors (Lipinski definition) is 1. The molecule has 2 nitrogen and oxygen atoms in total. The first-order valence-corrected chi connectivity index (χ1v) is 7.44. The van der Waals surface area contributed by atoms with Crippen molar-refractivity contribution >= 4 is 12.4 Å². The second kappa shape index (κ2) is 8.18. The largest absolute Gasteiger partial charge is 0.416 e. The molecule has 0 spiro atoms. The van der Waals surface area contributed by atoms with Crippen LogP contribution in [0.15, 0.2) is 18.2 Å². The van der Waals surface area contributed by atoms with Crippen LogP contribution in [0.1, 0.15) is 29.5 Å². The maximum atomic E-state index is 12.7. The van der Waals surface area contributed by atoms with E-state index in [4.69, 9.17) is 0 Å². The average Bonchev–Trinajstić information content (AvgIpc) is 2.42. The Kier molecular flexibility index (Phi) is 7.16. The Morgan fingerprint density at radius 1 is 1.23 bits per heavy atom. The van der Waals surface area contributed by atoms with Gasteiger partial charge in [0.25, 0.3) is 0 Å². The molecule has 6 heteroatoms. The molecular weight excluding hydrogens is 313 g/mol. The summed E-state index contributed by atoms with van der Waals surface area (Å²) in [5.74, 6) is 0.722. The minimum absolute atomic E-state index is 0. The first-order chi connectivity index (χ1) is 9.90. The quantitative estimate of drug-likeness (QED) is 0.898. The Morgan fingerprint density at radius 2 is 1.86 bits per heavy atom. The molecule has 0 radical (unpaired) electrons. The summed E-state index contributed by atoms with van der Waals surface area (Å²) in [6.45, 7) is 5.60. The number of likely N-dealkylation sites (tertiary alicyclic amines) is 1. The molecule has 1 aromatic rings. The molecule has 22 heavy (non-hydrogen) atoms. The fraction of sp³-hybridized carbons (Fsp3) is 0.625. The van der Waals surface area contributed by atoms with Crippen molar-refractivity contribution in [2.75, 3.05) is 26.7 Å². The van der Waals surface area contributed by atoms with Crippen LogP contribution in [0.25, 0.3) is 0 Å². The zero-order valence-corrected chi connectivity index (χ0v) is 13.9. The summed E-state index contributed by atoms with van der Waals surface area (Å²) in [4.78, 5) is 2.34. The van der Waals surface area contributed by atoms with Crippen LogP contribution < -0.4 is 5.32 Å². The molecule has 1 fully saturated rings. The summed E-state index contributed by atoms with van der Waals surface area (Å²) < 4.78 is 38.0. The SMILES string of the molecule is CNCC1CCN(Cc2ccc(C(F)(F)F)cc2C)CC1.Cl. The van der Waals surface area contributed by atoms with Gasteiger partial charge in [-0.1, -0.05) is 6.07 Å². The maximum Gasteiger partial charge on any atom is 0.416 e. The smallest absolute Gasteiger partial charge is 0.319 e. The predicted octanol–water partition coefficient (Wildman–Crippen LogP) is 3.87. The number of aryl methyl sites for hydroxylation is 1. The van der Waals surface area contributed by atoms with E-state index in [-0.39, 0.29) is 12.4 Å². The second-order valence-electron chi connectivity index (χ2n) is 5.92. The van der Waals surface area contributed by atoms with Crippen LogP contribution >= 0.6 is 12.4 Å². The predicted molar refractivity (Wildman–Crippen MR) is 85.4 cm³/mol. The number of piperidine rings is 1. The Morgan fingerprint density at radius 3 is 2.36 bits per heavy atom. The summed E-state index contributed by atoms with van der Waals surface area (Å²) in [5, 5.41) is 3.21. The van der Waals surface area contributed by atoms with Crippen molar-refractivity contribution in [2.24, 2.45) is 5.92 Å². The van der Waals surface area contributed by atoms with Crippen molar-refractivity contribution < 1.29 is 13.2 Å². The number of rotatable bonds is 4. The first kappa shape index (κ1) is 19.3. The van der Waals surface area contributed by atoms with Gasteiger partial charge in [0.2, 0.25) is 0 Å². The van der Waals surface area contributed by atoms with Gasteiger partial charge in [0.1, 0.15) is 0 Å². The summed E-state index contributed by atoms with van der Waals surface area (Å²) in [7, 11) is 1.97. The molecule has 2 rings (SSSR count). The third-order valence-electron chi connectivity index (χ3n) is 4.26. The molecule has 0 amide bonds. The van der Waals surface area contributed by atoms with Crippen LogP contribution in [0.3, 0.4) is 0 Å². The average molecular weight is 337 g/mol. The first-order valence-electron chi connectivity index (χ1n) is 7.44. The highest BCUT2D eigenvalue weighted by Crippen LogP contribution is 2.31. The number of nitrogens with one attached hydrogen (secondary N) is 1. The third-order valence-corrected chi connectivity index (χ3v) is 4.26. The molecule has 1 aliphatic heterocycles. The zero-order chi connectivity index (χ0) is 15.5. The van der Waals surface area contributed by atoms with Crippen molar-refractivity contribution in [2.45, 2.75) is 32.5 Å². The Labute approximate surface area is 136 Å². The van der Waals surface area contributed by atoms with Crippen LogP contribution in [0, 0.1) is 12.8 Å². The Hall–Kier alpha value is -0.780. The Balaban J connectivity index is 0.00000242. The Bertz CT molecular complexity index is 469. The van der Waals surface area contributed by atoms with Crippen molar-refractivity contribution in [1.29, 1.82) is 0 Å². The molecule has 0 saturated carbocycles. The van der Waals surface area contributed by atoms with Crippen LogP contribution in [-0.2, 0) is 12.7 Å². The van der Waals surface area contributed by atoms with E-state index in [9.17, 15) is 13.2 Å². The molecule has 1 N–H and O–H groups in total. The van der Waals surface area contributed by atoms with Crippen LogP contribution in [-0.4, -0.2) is 31.6 Å². The number of halogens is 4. The summed E-state index contributed by atoms with van der Waals surface area (Å²) in [6, 6.07) is 4.07. The minimum atomic E-state index is -4.26. The van der Waals surface area contributed by atoms with Crippen LogP contribution in [0.5, 0.6) is 0 Å². The molecule has 0 atom stereocenters. The highest BCUT2D eigenvalue weighted by molar-refractivity contribution is 5.85. The summed E-state index contributed by atoms with van der Waals surface area (Å²) in [6.07, 6.45) is -1.95. The second-order valence-corrected chi connectivity index (χ2v) is 5.92. The molecule has 1 saturated heterocycles. The molecule has 0 aromatic heterocycles. The van der Waals surface area contributed by atoms with E-state index >= 15 is 0 Å². The monoisotopic (exact) mass is 336 g/mol. The lowest BCUT2D eigenvalue weighted by atomic mass is 9.96. The van der Waals surface area contributed by atoms with E-state index in [0.717, 1.165) is 56.1 Å². The molecular formula is C16H24ClF3N2. The number of nitrogens with zero attached hydrogens (tertiary/aromatic N) is 1. The zero-order valence-electron chi connectivity index (χ0n) is 13.0. The number of hydrogen-bond acceptors (Lipinski definition) is 2. The summed E-state index contributed by atoms with van der Waals surface area (Å²) >= 11 is 0. The molecule has 0 unspecified atom stereocenters. The highest BCUT2D eigenvalue weighted by atomic mass is 35.5. The van der Waals surface area contributed by atoms with Crippen molar-refractivity contribution in [1.82, 2.24) is 10.2 Å². The third kappa shape index (κ3) is 5.14. The molecule has 0 aliphatic carbocycles. The lowest BCUT2D eigenvalue weighted by molar-refractivity contribution is -0.137. The van der Waals surface area contributed by atoms with Gasteiger partial charge in [-0.15, -0.1) is 12.4 Å². The van der Waals surface area contributed by atoms with Crippen molar-refractivity contribution in [3.05, 3.63) is 34.9 Å². The van der Waals surface area contributed by atoms with E-state index in [1.807, 2.05) is 7.05 Å². The fourth-order valence-electron chi connectivity index (χ4n) is 2.93. The normalized spacial score (nSPS) is 17.3. The van der Waals surface area contributed by atoms with Crippen molar-refractivity contribution in [3.8, 4) is 0 Å². The van der Waals surface area contributed by atoms with Gasteiger partial charge in [0.05, 0.1) is 5.56 Å². The van der Waals surface area contributed by atoms with E-state index in [1.54, 1.807) is 13.0 Å². The number of alkyl halides is 3. The van der Waals surface area contributed by atoms with Gasteiger partial charge >= 0.3 is 6.18 Å². The number of benzene rings is 1. The lowest BCUT2D eigenvalue weighted by Gasteiger charge is -2.32. The van der Waals surface area contributed by atoms with E-state index < -0.39 is 11.7 Å². The van der Waals surface area contributed by atoms with Crippen LogP contribution in [0.2, 0.25) is 0 Å². The van der Waals surface area contributed by atoms with Crippen LogP contribution in [0.4, 0.5) is 13.2 Å². The van der Waals surface area contributed by atoms with Gasteiger partial charge in [0, 0.05) is 6.54 Å². The standard InChI is InChI=1S/C16H23F3N2.ClH/c1-12-9-15(16(17,18)19)4-3-14(12)11-21-7-5-13(6-8-21)10-20-2;/h3-4,9,13,20H,5-8,10-11H2,1-2H3;1H. The lowest BCUT2D eigenvalue weighted by Crippen LogP contribution is -2.36. The van der Waals surface area contributed by atoms with Gasteiger partial charge in [-0.2, -0.15) is 13.2 Å². The molecule has 1 heterocycles. The van der Waals surface area contributed by atoms with Gasteiger partial charge in [-0.05, 0) is 75.6 Å². The van der Waals surface area contributed by atoms with Gasteiger partial charge in [-0.25, -0.2) is 0 Å². The van der Waals surface area contributed by atoms with Gasteiger partial charge in [0.15, 0.2) is 0 Å². The topological polar surface area (TPSA) is 15.3 Å². The van der Waals surface area contributed by atoms with Gasteiger partial charge < -0.3 is 5.32 Å². The van der Waals surface area contributed by atoms with E-state index in [2.05, 4.69) is 10.2 Å². The molecule has 126 valence electrons. The maximum absolute atomic E-state index is 12.7. The summed E-state index contributed by atoms with van der Waals surface area (Å²) in [5.41, 5.74) is 1.16.